The highest BCUT2D eigenvalue weighted by Gasteiger charge is 2.49. The summed E-state index contributed by atoms with van der Waals surface area (Å²) in [7, 11) is 0. The van der Waals surface area contributed by atoms with Crippen LogP contribution in [0.15, 0.2) is 0 Å². The van der Waals surface area contributed by atoms with Gasteiger partial charge in [-0.1, -0.05) is 23.2 Å². The van der Waals surface area contributed by atoms with Crippen LogP contribution in [0.1, 0.15) is 39.0 Å². The second kappa shape index (κ2) is 3.92. The van der Waals surface area contributed by atoms with Gasteiger partial charge in [0.25, 0.3) is 4.52 Å². The van der Waals surface area contributed by atoms with E-state index in [-0.39, 0.29) is 6.09 Å². The molecule has 4 bridgehead atoms. The second-order valence-electron chi connectivity index (χ2n) is 5.80. The molecule has 0 aromatic heterocycles. The molecule has 4 rings (SSSR count). The van der Waals surface area contributed by atoms with Crippen LogP contribution in [0, 0.1) is 11.8 Å². The van der Waals surface area contributed by atoms with Crippen LogP contribution in [0.25, 0.3) is 0 Å². The molecule has 2 saturated carbocycles. The standard InChI is InChI=1S/C12H17Cl2NO2/c1-12(13,14)17-11(16)15-9-3-7-2-8(5-9)6-10(15)4-7/h7-10H,2-6H2,1H3. The molecule has 0 atom stereocenters. The maximum absolute atomic E-state index is 12.1. The lowest BCUT2D eigenvalue weighted by Gasteiger charge is -2.55. The molecule has 0 N–H and O–H groups in total. The highest BCUT2D eigenvalue weighted by atomic mass is 35.5. The van der Waals surface area contributed by atoms with Gasteiger partial charge in [0.05, 0.1) is 0 Å². The largest absolute Gasteiger partial charge is 0.413 e. The van der Waals surface area contributed by atoms with Crippen molar-refractivity contribution in [3.05, 3.63) is 0 Å². The topological polar surface area (TPSA) is 29.5 Å². The van der Waals surface area contributed by atoms with Gasteiger partial charge in [-0.25, -0.2) is 4.79 Å². The van der Waals surface area contributed by atoms with E-state index in [9.17, 15) is 4.79 Å². The van der Waals surface area contributed by atoms with Crippen LogP contribution in [0.5, 0.6) is 0 Å². The fourth-order valence-corrected chi connectivity index (χ4v) is 4.17. The first-order valence-corrected chi connectivity index (χ1v) is 7.07. The van der Waals surface area contributed by atoms with Crippen LogP contribution in [0.2, 0.25) is 0 Å². The molecule has 96 valence electrons. The lowest BCUT2D eigenvalue weighted by Crippen LogP contribution is -2.60. The Morgan fingerprint density at radius 3 is 2.00 bits per heavy atom. The third kappa shape index (κ3) is 2.24. The summed E-state index contributed by atoms with van der Waals surface area (Å²) >= 11 is 11.5. The van der Waals surface area contributed by atoms with Crippen molar-refractivity contribution in [2.24, 2.45) is 11.8 Å². The van der Waals surface area contributed by atoms with Gasteiger partial charge in [-0.3, -0.25) is 0 Å². The Labute approximate surface area is 111 Å². The van der Waals surface area contributed by atoms with Gasteiger partial charge in [0.15, 0.2) is 0 Å². The van der Waals surface area contributed by atoms with Crippen molar-refractivity contribution >= 4 is 29.3 Å². The number of alkyl halides is 2. The second-order valence-corrected chi connectivity index (χ2v) is 7.44. The quantitative estimate of drug-likeness (QED) is 0.687. The molecule has 5 heteroatoms. The van der Waals surface area contributed by atoms with Gasteiger partial charge in [0, 0.05) is 19.0 Å². The zero-order valence-corrected chi connectivity index (χ0v) is 11.4. The molecule has 2 saturated heterocycles. The maximum atomic E-state index is 12.1. The zero-order chi connectivity index (χ0) is 12.2. The third-order valence-electron chi connectivity index (χ3n) is 4.35. The lowest BCUT2D eigenvalue weighted by atomic mass is 9.64. The molecule has 17 heavy (non-hydrogen) atoms. The van der Waals surface area contributed by atoms with Gasteiger partial charge in [-0.2, -0.15) is 0 Å². The van der Waals surface area contributed by atoms with Gasteiger partial charge >= 0.3 is 6.09 Å². The molecule has 2 heterocycles. The first-order chi connectivity index (χ1) is 7.92. The number of rotatable bonds is 1. The summed E-state index contributed by atoms with van der Waals surface area (Å²) in [5.74, 6) is 1.64. The number of carbonyl (C=O) groups is 1. The van der Waals surface area contributed by atoms with Crippen LogP contribution in [0.3, 0.4) is 0 Å². The Balaban J connectivity index is 1.73. The van der Waals surface area contributed by atoms with Crippen molar-refractivity contribution in [3.63, 3.8) is 0 Å². The highest BCUT2D eigenvalue weighted by Crippen LogP contribution is 2.49. The average Bonchev–Trinajstić information content (AvgIpc) is 2.11. The fraction of sp³-hybridized carbons (Fsp3) is 0.917. The van der Waals surface area contributed by atoms with E-state index in [4.69, 9.17) is 27.9 Å². The maximum Gasteiger partial charge on any atom is 0.412 e. The molecular formula is C12H17Cl2NO2. The summed E-state index contributed by atoms with van der Waals surface area (Å²) < 4.78 is 3.66. The van der Waals surface area contributed by atoms with Gasteiger partial charge in [0.2, 0.25) is 0 Å². The van der Waals surface area contributed by atoms with Crippen LogP contribution in [0.4, 0.5) is 4.79 Å². The minimum Gasteiger partial charge on any atom is -0.413 e. The van der Waals surface area contributed by atoms with E-state index in [2.05, 4.69) is 0 Å². The van der Waals surface area contributed by atoms with E-state index < -0.39 is 4.52 Å². The zero-order valence-electron chi connectivity index (χ0n) is 9.86. The summed E-state index contributed by atoms with van der Waals surface area (Å²) in [6.07, 6.45) is 5.53. The van der Waals surface area contributed by atoms with Crippen molar-refractivity contribution in [2.45, 2.75) is 55.6 Å². The summed E-state index contributed by atoms with van der Waals surface area (Å²) in [6.45, 7) is 1.48. The predicted molar refractivity (Wildman–Crippen MR) is 66.1 cm³/mol. The van der Waals surface area contributed by atoms with E-state index >= 15 is 0 Å². The highest BCUT2D eigenvalue weighted by molar-refractivity contribution is 6.47. The molecule has 2 aliphatic carbocycles. The van der Waals surface area contributed by atoms with Crippen LogP contribution in [-0.4, -0.2) is 27.6 Å². The fourth-order valence-electron chi connectivity index (χ4n) is 4.04. The molecule has 4 fully saturated rings. The molecule has 3 nitrogen and oxygen atoms in total. The number of piperidine rings is 2. The van der Waals surface area contributed by atoms with Gasteiger partial charge < -0.3 is 9.64 Å². The van der Waals surface area contributed by atoms with Gasteiger partial charge in [-0.05, 0) is 43.9 Å². The Kier molecular flexibility index (Phi) is 2.75. The van der Waals surface area contributed by atoms with E-state index in [1.165, 1.54) is 13.3 Å². The molecule has 1 amide bonds. The molecular weight excluding hydrogens is 261 g/mol. The van der Waals surface area contributed by atoms with Crippen molar-refractivity contribution in [1.82, 2.24) is 4.90 Å². The van der Waals surface area contributed by atoms with Crippen molar-refractivity contribution < 1.29 is 9.53 Å². The van der Waals surface area contributed by atoms with E-state index in [1.54, 1.807) is 0 Å². The molecule has 4 aliphatic rings. The molecule has 0 radical (unpaired) electrons. The van der Waals surface area contributed by atoms with Crippen molar-refractivity contribution in [2.75, 3.05) is 0 Å². The van der Waals surface area contributed by atoms with Gasteiger partial charge in [-0.15, -0.1) is 0 Å². The number of hydrogen-bond donors (Lipinski definition) is 0. The number of carbonyl (C=O) groups excluding carboxylic acids is 1. The number of ether oxygens (including phenoxy) is 1. The van der Waals surface area contributed by atoms with E-state index in [0.29, 0.717) is 12.1 Å². The number of hydrogen-bond acceptors (Lipinski definition) is 2. The van der Waals surface area contributed by atoms with E-state index in [1.807, 2.05) is 4.90 Å². The number of amides is 1. The van der Waals surface area contributed by atoms with Gasteiger partial charge in [0.1, 0.15) is 0 Å². The van der Waals surface area contributed by atoms with Crippen molar-refractivity contribution in [1.29, 1.82) is 0 Å². The van der Waals surface area contributed by atoms with Crippen LogP contribution >= 0.6 is 23.2 Å². The molecule has 0 aromatic rings. The Bertz CT molecular complexity index is 312. The lowest BCUT2D eigenvalue weighted by molar-refractivity contribution is -0.0552. The Morgan fingerprint density at radius 2 is 1.59 bits per heavy atom. The van der Waals surface area contributed by atoms with Crippen LogP contribution < -0.4 is 0 Å². The third-order valence-corrected chi connectivity index (χ3v) is 4.51. The Morgan fingerprint density at radius 1 is 1.12 bits per heavy atom. The normalized spacial score (nSPS) is 39.6. The SMILES string of the molecule is CC(Cl)(Cl)OC(=O)N1C2CC3CC(C2)CC1C3. The summed E-state index contributed by atoms with van der Waals surface area (Å²) in [4.78, 5) is 14.0. The summed E-state index contributed by atoms with van der Waals surface area (Å²) in [5.41, 5.74) is 0. The molecule has 0 unspecified atom stereocenters. The number of nitrogens with zero attached hydrogens (tertiary/aromatic N) is 1. The van der Waals surface area contributed by atoms with Crippen molar-refractivity contribution in [3.8, 4) is 0 Å². The van der Waals surface area contributed by atoms with Crippen LogP contribution in [-0.2, 0) is 4.74 Å². The Hall–Kier alpha value is -0.150. The molecule has 0 aromatic carbocycles. The summed E-state index contributed by atoms with van der Waals surface area (Å²) in [5, 5.41) is 0. The predicted octanol–water partition coefficient (Wildman–Crippen LogP) is 3.54. The minimum atomic E-state index is -1.42. The minimum absolute atomic E-state index is 0.341. The average molecular weight is 278 g/mol. The van der Waals surface area contributed by atoms with E-state index in [0.717, 1.165) is 37.5 Å². The first-order valence-electron chi connectivity index (χ1n) is 6.31. The molecule has 0 spiro atoms. The smallest absolute Gasteiger partial charge is 0.412 e. The summed E-state index contributed by atoms with van der Waals surface area (Å²) in [6, 6.07) is 0.712. The first kappa shape index (κ1) is 11.9. The molecule has 2 aliphatic heterocycles. The monoisotopic (exact) mass is 277 g/mol. The number of halogens is 2.